The van der Waals surface area contributed by atoms with Crippen molar-refractivity contribution in [1.82, 2.24) is 40.0 Å². The lowest BCUT2D eigenvalue weighted by Crippen LogP contribution is -2.31. The highest BCUT2D eigenvalue weighted by molar-refractivity contribution is 5.87. The molecule has 2 saturated carbocycles. The van der Waals surface area contributed by atoms with Crippen LogP contribution in [0.1, 0.15) is 88.6 Å². The maximum Gasteiger partial charge on any atom is 0.439 e. The molecule has 212 valence electrons. The van der Waals surface area contributed by atoms with Crippen LogP contribution in [0.25, 0.3) is 22.8 Å². The molecule has 13 heteroatoms. The van der Waals surface area contributed by atoms with Gasteiger partial charge in [-0.15, -0.1) is 0 Å². The van der Waals surface area contributed by atoms with Gasteiger partial charge in [-0.05, 0) is 64.2 Å². The Kier molecular flexibility index (Phi) is 6.51. The van der Waals surface area contributed by atoms with E-state index in [-0.39, 0.29) is 23.7 Å². The van der Waals surface area contributed by atoms with Gasteiger partial charge in [0.2, 0.25) is 17.6 Å². The van der Waals surface area contributed by atoms with E-state index in [1.807, 2.05) is 6.92 Å². The third-order valence-corrected chi connectivity index (χ3v) is 9.13. The smallest absolute Gasteiger partial charge is 0.365 e. The summed E-state index contributed by atoms with van der Waals surface area (Å²) < 4.78 is 12.2. The molecule has 0 spiro atoms. The molecule has 2 atom stereocenters. The summed E-state index contributed by atoms with van der Waals surface area (Å²) in [4.78, 5) is 31.6. The monoisotopic (exact) mass is 548 g/mol. The predicted molar refractivity (Wildman–Crippen MR) is 147 cm³/mol. The van der Waals surface area contributed by atoms with E-state index in [0.717, 1.165) is 48.8 Å². The number of nitrogens with one attached hydrogen (secondary N) is 2. The van der Waals surface area contributed by atoms with Crippen molar-refractivity contribution in [2.75, 3.05) is 16.8 Å². The van der Waals surface area contributed by atoms with E-state index in [1.54, 1.807) is 0 Å². The number of imidazole rings is 1. The van der Waals surface area contributed by atoms with Crippen LogP contribution in [0.3, 0.4) is 0 Å². The Morgan fingerprint density at radius 1 is 1.00 bits per heavy atom. The van der Waals surface area contributed by atoms with E-state index in [4.69, 9.17) is 24.1 Å². The molecule has 7 rings (SSSR count). The number of aryl methyl sites for hydroxylation is 1. The maximum absolute atomic E-state index is 11.8. The molecule has 0 bridgehead atoms. The molecule has 1 saturated heterocycles. The van der Waals surface area contributed by atoms with Crippen LogP contribution in [0, 0.1) is 18.8 Å². The fourth-order valence-corrected chi connectivity index (χ4v) is 6.68. The van der Waals surface area contributed by atoms with Crippen LogP contribution >= 0.6 is 0 Å². The molecule has 0 amide bonds. The number of nitrogens with zero attached hydrogens (tertiary/aromatic N) is 8. The quantitative estimate of drug-likeness (QED) is 0.322. The zero-order valence-corrected chi connectivity index (χ0v) is 23.1. The van der Waals surface area contributed by atoms with Crippen molar-refractivity contribution in [3.8, 4) is 11.6 Å². The summed E-state index contributed by atoms with van der Waals surface area (Å²) in [7, 11) is 0. The number of fused-ring (bicyclic) bond motifs is 1. The standard InChI is InChI=1S/C27H36N10O3/c1-15(18-10-6-11-18)28-22-21-23(30-24(29-22)25-32-27(38)39-35-25)31-26(37(21)14-17-8-4-3-5-9-17)36-13-7-12-19(36)20-16(2)33-40-34-20/h15,17-19H,3-14H2,1-2H3,(H,28,29,30)(H,32,35,38)/t15-,19?/m1/s1. The number of H-pyrrole nitrogens is 1. The van der Waals surface area contributed by atoms with Crippen molar-refractivity contribution in [2.45, 2.75) is 96.7 Å². The van der Waals surface area contributed by atoms with Gasteiger partial charge in [-0.2, -0.15) is 4.98 Å². The van der Waals surface area contributed by atoms with Crippen LogP contribution in [-0.4, -0.2) is 52.6 Å². The van der Waals surface area contributed by atoms with Gasteiger partial charge in [0.1, 0.15) is 16.9 Å². The summed E-state index contributed by atoms with van der Waals surface area (Å²) in [5.41, 5.74) is 3.13. The first kappa shape index (κ1) is 25.2. The number of anilines is 2. The second-order valence-electron chi connectivity index (χ2n) is 11.7. The van der Waals surface area contributed by atoms with Gasteiger partial charge in [-0.25, -0.2) is 19.4 Å². The lowest BCUT2D eigenvalue weighted by atomic mass is 9.80. The lowest BCUT2D eigenvalue weighted by molar-refractivity contribution is 0.285. The zero-order valence-electron chi connectivity index (χ0n) is 23.1. The van der Waals surface area contributed by atoms with E-state index in [2.05, 4.69) is 42.2 Å². The fourth-order valence-electron chi connectivity index (χ4n) is 6.68. The molecule has 4 aromatic rings. The van der Waals surface area contributed by atoms with Crippen LogP contribution < -0.4 is 16.0 Å². The first-order valence-corrected chi connectivity index (χ1v) is 14.7. The van der Waals surface area contributed by atoms with Gasteiger partial charge < -0.3 is 14.8 Å². The minimum Gasteiger partial charge on any atom is -0.365 e. The SMILES string of the molecule is Cc1nonc1C1CCCN1c1nc2nc(-c3noc(=O)[nH]3)nc(N[C@H](C)C3CCC3)c2n1CC1CCCCC1. The summed E-state index contributed by atoms with van der Waals surface area (Å²) in [6, 6.07) is 0.263. The minimum absolute atomic E-state index is 0.0257. The molecule has 4 aromatic heterocycles. The Morgan fingerprint density at radius 2 is 1.85 bits per heavy atom. The highest BCUT2D eigenvalue weighted by Gasteiger charge is 2.35. The second-order valence-corrected chi connectivity index (χ2v) is 11.7. The third kappa shape index (κ3) is 4.54. The third-order valence-electron chi connectivity index (χ3n) is 9.13. The van der Waals surface area contributed by atoms with Gasteiger partial charge >= 0.3 is 5.76 Å². The van der Waals surface area contributed by atoms with E-state index in [1.165, 1.54) is 51.4 Å². The van der Waals surface area contributed by atoms with Crippen molar-refractivity contribution in [2.24, 2.45) is 11.8 Å². The first-order valence-electron chi connectivity index (χ1n) is 14.7. The lowest BCUT2D eigenvalue weighted by Gasteiger charge is -2.32. The Hall–Kier alpha value is -3.77. The summed E-state index contributed by atoms with van der Waals surface area (Å²) in [6.45, 7) is 5.85. The average Bonchev–Trinajstić information content (AvgIpc) is 3.70. The van der Waals surface area contributed by atoms with Gasteiger partial charge in [0.05, 0.1) is 6.04 Å². The number of hydrogen-bond acceptors (Lipinski definition) is 11. The molecule has 2 N–H and O–H groups in total. The molecule has 0 aromatic carbocycles. The van der Waals surface area contributed by atoms with Crippen LogP contribution in [0.15, 0.2) is 13.9 Å². The molecule has 3 aliphatic rings. The van der Waals surface area contributed by atoms with Gasteiger partial charge in [-0.1, -0.05) is 41.2 Å². The number of hydrogen-bond donors (Lipinski definition) is 2. The van der Waals surface area contributed by atoms with Crippen molar-refractivity contribution in [3.05, 3.63) is 21.9 Å². The summed E-state index contributed by atoms with van der Waals surface area (Å²) >= 11 is 0. The van der Waals surface area contributed by atoms with Gasteiger partial charge in [0, 0.05) is 19.1 Å². The highest BCUT2D eigenvalue weighted by atomic mass is 16.6. The molecule has 0 radical (unpaired) electrons. The van der Waals surface area contributed by atoms with Crippen molar-refractivity contribution >= 4 is 22.9 Å². The van der Waals surface area contributed by atoms with Crippen molar-refractivity contribution in [1.29, 1.82) is 0 Å². The van der Waals surface area contributed by atoms with Gasteiger partial charge in [-0.3, -0.25) is 9.51 Å². The first-order chi connectivity index (χ1) is 19.5. The molecule has 5 heterocycles. The van der Waals surface area contributed by atoms with Crippen LogP contribution in [0.2, 0.25) is 0 Å². The van der Waals surface area contributed by atoms with E-state index in [9.17, 15) is 4.79 Å². The molecule has 40 heavy (non-hydrogen) atoms. The van der Waals surface area contributed by atoms with E-state index in [0.29, 0.717) is 23.3 Å². The molecule has 3 fully saturated rings. The van der Waals surface area contributed by atoms with E-state index < -0.39 is 5.76 Å². The van der Waals surface area contributed by atoms with Gasteiger partial charge in [0.15, 0.2) is 11.5 Å². The van der Waals surface area contributed by atoms with Crippen molar-refractivity contribution < 1.29 is 9.15 Å². The molecular formula is C27H36N10O3. The number of rotatable bonds is 8. The summed E-state index contributed by atoms with van der Waals surface area (Å²) in [5, 5.41) is 15.9. The average molecular weight is 549 g/mol. The Bertz CT molecular complexity index is 1540. The van der Waals surface area contributed by atoms with Gasteiger partial charge in [0.25, 0.3) is 0 Å². The fraction of sp³-hybridized carbons (Fsp3) is 0.667. The normalized spacial score (nSPS) is 21.2. The van der Waals surface area contributed by atoms with Crippen LogP contribution in [0.4, 0.5) is 11.8 Å². The van der Waals surface area contributed by atoms with Crippen molar-refractivity contribution in [3.63, 3.8) is 0 Å². The zero-order chi connectivity index (χ0) is 27.2. The highest BCUT2D eigenvalue weighted by Crippen LogP contribution is 2.40. The molecule has 2 aliphatic carbocycles. The Balaban J connectivity index is 1.38. The molecule has 1 aliphatic heterocycles. The topological polar surface area (TPSA) is 157 Å². The Labute approximate surface area is 231 Å². The summed E-state index contributed by atoms with van der Waals surface area (Å²) in [6.07, 6.45) is 11.9. The van der Waals surface area contributed by atoms with Crippen LogP contribution in [-0.2, 0) is 6.54 Å². The minimum atomic E-state index is -0.643. The molecule has 13 nitrogen and oxygen atoms in total. The Morgan fingerprint density at radius 3 is 2.55 bits per heavy atom. The predicted octanol–water partition coefficient (Wildman–Crippen LogP) is 4.38. The number of aromatic amines is 1. The largest absolute Gasteiger partial charge is 0.439 e. The second kappa shape index (κ2) is 10.3. The van der Waals surface area contributed by atoms with E-state index >= 15 is 0 Å². The maximum atomic E-state index is 11.8. The molecular weight excluding hydrogens is 512 g/mol. The summed E-state index contributed by atoms with van der Waals surface area (Å²) in [5.74, 6) is 2.57. The van der Waals surface area contributed by atoms with Crippen LogP contribution in [0.5, 0.6) is 0 Å². The number of aromatic nitrogens is 8. The molecule has 1 unspecified atom stereocenters.